The quantitative estimate of drug-likeness (QED) is 0.852. The molecule has 1 heterocycles. The van der Waals surface area contributed by atoms with Gasteiger partial charge in [0.05, 0.1) is 12.5 Å². The third-order valence-corrected chi connectivity index (χ3v) is 3.77. The van der Waals surface area contributed by atoms with Gasteiger partial charge in [0.15, 0.2) is 5.03 Å². The van der Waals surface area contributed by atoms with Crippen LogP contribution in [0.3, 0.4) is 0 Å². The van der Waals surface area contributed by atoms with E-state index in [1.165, 1.54) is 24.7 Å². The van der Waals surface area contributed by atoms with Crippen molar-refractivity contribution in [3.8, 4) is 0 Å². The fraction of sp³-hybridized carbons (Fsp3) is 0.182. The summed E-state index contributed by atoms with van der Waals surface area (Å²) in [6, 6.07) is 5.94. The molecule has 1 aromatic heterocycles. The first-order chi connectivity index (χ1) is 8.58. The van der Waals surface area contributed by atoms with Crippen molar-refractivity contribution in [2.45, 2.75) is 11.4 Å². The first kappa shape index (κ1) is 12.7. The summed E-state index contributed by atoms with van der Waals surface area (Å²) in [5.41, 5.74) is 0.865. The van der Waals surface area contributed by atoms with Crippen LogP contribution in [0.15, 0.2) is 41.8 Å². The van der Waals surface area contributed by atoms with Gasteiger partial charge in [-0.1, -0.05) is 12.1 Å². The summed E-state index contributed by atoms with van der Waals surface area (Å²) in [6.45, 7) is 0.243. The minimum absolute atomic E-state index is 0.0293. The van der Waals surface area contributed by atoms with E-state index in [2.05, 4.69) is 14.7 Å². The minimum Gasteiger partial charge on any atom is -0.335 e. The van der Waals surface area contributed by atoms with Crippen LogP contribution in [0.25, 0.3) is 0 Å². The highest BCUT2D eigenvalue weighted by molar-refractivity contribution is 7.89. The van der Waals surface area contributed by atoms with Gasteiger partial charge in [-0.15, -0.1) is 0 Å². The van der Waals surface area contributed by atoms with Crippen LogP contribution in [0.5, 0.6) is 0 Å². The molecule has 0 aliphatic heterocycles. The molecule has 0 unspecified atom stereocenters. The van der Waals surface area contributed by atoms with Gasteiger partial charge in [-0.05, 0) is 24.1 Å². The molecule has 5 nitrogen and oxygen atoms in total. The summed E-state index contributed by atoms with van der Waals surface area (Å²) >= 11 is 0. The number of rotatable bonds is 5. The third kappa shape index (κ3) is 3.14. The number of hydrogen-bond donors (Lipinski definition) is 2. The highest BCUT2D eigenvalue weighted by atomic mass is 32.2. The average Bonchev–Trinajstić information content (AvgIpc) is 2.86. The third-order valence-electron chi connectivity index (χ3n) is 2.38. The van der Waals surface area contributed by atoms with Crippen molar-refractivity contribution in [3.63, 3.8) is 0 Å². The van der Waals surface area contributed by atoms with E-state index >= 15 is 0 Å². The maximum Gasteiger partial charge on any atom is 0.257 e. The number of aromatic nitrogens is 2. The number of H-pyrrole nitrogens is 1. The van der Waals surface area contributed by atoms with E-state index in [1.807, 2.05) is 0 Å². The van der Waals surface area contributed by atoms with Gasteiger partial charge in [0, 0.05) is 6.54 Å². The van der Waals surface area contributed by atoms with Crippen molar-refractivity contribution in [2.75, 3.05) is 6.54 Å². The molecule has 0 spiro atoms. The maximum absolute atomic E-state index is 12.7. The summed E-state index contributed by atoms with van der Waals surface area (Å²) in [4.78, 5) is 6.17. The Hall–Kier alpha value is -1.73. The molecule has 0 saturated carbocycles. The molecule has 0 atom stereocenters. The largest absolute Gasteiger partial charge is 0.335 e. The van der Waals surface area contributed by atoms with Crippen LogP contribution >= 0.6 is 0 Å². The van der Waals surface area contributed by atoms with E-state index in [4.69, 9.17) is 0 Å². The van der Waals surface area contributed by atoms with Crippen molar-refractivity contribution >= 4 is 10.0 Å². The molecule has 18 heavy (non-hydrogen) atoms. The summed E-state index contributed by atoms with van der Waals surface area (Å²) in [7, 11) is -3.54. The van der Waals surface area contributed by atoms with Gasteiger partial charge in [0.1, 0.15) is 5.82 Å². The van der Waals surface area contributed by atoms with Crippen LogP contribution in [-0.2, 0) is 16.4 Å². The summed E-state index contributed by atoms with van der Waals surface area (Å²) in [6.07, 6.45) is 3.03. The number of halogens is 1. The molecule has 0 fully saturated rings. The predicted molar refractivity (Wildman–Crippen MR) is 63.9 cm³/mol. The Kier molecular flexibility index (Phi) is 3.73. The van der Waals surface area contributed by atoms with Gasteiger partial charge < -0.3 is 4.98 Å². The van der Waals surface area contributed by atoms with Crippen LogP contribution in [0.4, 0.5) is 4.39 Å². The second-order valence-electron chi connectivity index (χ2n) is 3.69. The lowest BCUT2D eigenvalue weighted by atomic mass is 10.1. The van der Waals surface area contributed by atoms with Gasteiger partial charge in [-0.3, -0.25) is 0 Å². The van der Waals surface area contributed by atoms with Crippen LogP contribution in [0.1, 0.15) is 5.56 Å². The molecule has 0 aliphatic carbocycles. The predicted octanol–water partition coefficient (Wildman–Crippen LogP) is 1.07. The zero-order valence-corrected chi connectivity index (χ0v) is 10.2. The molecule has 1 aromatic carbocycles. The highest BCUT2D eigenvalue weighted by Gasteiger charge is 2.14. The summed E-state index contributed by atoms with van der Waals surface area (Å²) < 4.78 is 38.5. The van der Waals surface area contributed by atoms with Gasteiger partial charge in [-0.25, -0.2) is 22.5 Å². The summed E-state index contributed by atoms with van der Waals surface area (Å²) in [5.74, 6) is -0.309. The molecule has 0 radical (unpaired) electrons. The Morgan fingerprint density at radius 2 is 2.00 bits per heavy atom. The molecule has 0 bridgehead atoms. The lowest BCUT2D eigenvalue weighted by molar-refractivity contribution is 0.578. The van der Waals surface area contributed by atoms with Gasteiger partial charge in [0.25, 0.3) is 10.0 Å². The Morgan fingerprint density at radius 3 is 2.61 bits per heavy atom. The molecule has 2 rings (SSSR count). The standard InChI is InChI=1S/C11H12FN3O2S/c12-10-3-1-9(2-4-10)5-6-15-18(16,17)11-7-13-8-14-11/h1-4,7-8,15H,5-6H2,(H,13,14). The number of sulfonamides is 1. The lowest BCUT2D eigenvalue weighted by Gasteiger charge is -2.04. The highest BCUT2D eigenvalue weighted by Crippen LogP contribution is 2.05. The van der Waals surface area contributed by atoms with Crippen molar-refractivity contribution < 1.29 is 12.8 Å². The Balaban J connectivity index is 1.91. The second-order valence-corrected chi connectivity index (χ2v) is 5.43. The van der Waals surface area contributed by atoms with Crippen molar-refractivity contribution in [1.29, 1.82) is 0 Å². The lowest BCUT2D eigenvalue weighted by Crippen LogP contribution is -2.26. The fourth-order valence-corrected chi connectivity index (χ4v) is 2.38. The molecule has 2 aromatic rings. The molecule has 0 aliphatic rings. The van der Waals surface area contributed by atoms with E-state index in [1.54, 1.807) is 12.1 Å². The molecule has 7 heteroatoms. The van der Waals surface area contributed by atoms with Crippen LogP contribution in [0.2, 0.25) is 0 Å². The van der Waals surface area contributed by atoms with E-state index < -0.39 is 10.0 Å². The fourth-order valence-electron chi connectivity index (χ4n) is 1.45. The topological polar surface area (TPSA) is 74.8 Å². The first-order valence-corrected chi connectivity index (χ1v) is 6.79. The molecule has 2 N–H and O–H groups in total. The van der Waals surface area contributed by atoms with Crippen LogP contribution < -0.4 is 4.72 Å². The summed E-state index contributed by atoms with van der Waals surface area (Å²) in [5, 5.41) is 0.0293. The van der Waals surface area contributed by atoms with Gasteiger partial charge in [-0.2, -0.15) is 0 Å². The maximum atomic E-state index is 12.7. The second kappa shape index (κ2) is 5.28. The number of aromatic amines is 1. The van der Waals surface area contributed by atoms with E-state index in [9.17, 15) is 12.8 Å². The van der Waals surface area contributed by atoms with E-state index in [0.29, 0.717) is 6.42 Å². The smallest absolute Gasteiger partial charge is 0.257 e. The normalized spacial score (nSPS) is 11.6. The molecular formula is C11H12FN3O2S. The molecule has 0 amide bonds. The van der Waals surface area contributed by atoms with Crippen molar-refractivity contribution in [1.82, 2.24) is 14.7 Å². The van der Waals surface area contributed by atoms with Crippen molar-refractivity contribution in [3.05, 3.63) is 48.2 Å². The number of benzene rings is 1. The van der Waals surface area contributed by atoms with E-state index in [0.717, 1.165) is 5.56 Å². The van der Waals surface area contributed by atoms with Crippen molar-refractivity contribution in [2.24, 2.45) is 0 Å². The van der Waals surface area contributed by atoms with Gasteiger partial charge in [0.2, 0.25) is 0 Å². The number of nitrogens with one attached hydrogen (secondary N) is 2. The Morgan fingerprint density at radius 1 is 1.28 bits per heavy atom. The molecule has 96 valence electrons. The first-order valence-electron chi connectivity index (χ1n) is 5.30. The number of nitrogens with zero attached hydrogens (tertiary/aromatic N) is 1. The monoisotopic (exact) mass is 269 g/mol. The number of hydrogen-bond acceptors (Lipinski definition) is 3. The molecule has 0 saturated heterocycles. The van der Waals surface area contributed by atoms with Crippen LogP contribution in [0, 0.1) is 5.82 Å². The number of imidazole rings is 1. The van der Waals surface area contributed by atoms with Gasteiger partial charge >= 0.3 is 0 Å². The Bertz CT molecular complexity index is 594. The Labute approximate surface area is 104 Å². The average molecular weight is 269 g/mol. The zero-order valence-electron chi connectivity index (χ0n) is 9.43. The van der Waals surface area contributed by atoms with Crippen LogP contribution in [-0.4, -0.2) is 24.9 Å². The minimum atomic E-state index is -3.54. The van der Waals surface area contributed by atoms with E-state index in [-0.39, 0.29) is 17.4 Å². The SMILES string of the molecule is O=S(=O)(NCCc1ccc(F)cc1)c1cnc[nH]1. The molecular weight excluding hydrogens is 257 g/mol. The zero-order chi connectivity index (χ0) is 13.0.